The molecular formula is C34H40N8O2. The summed E-state index contributed by atoms with van der Waals surface area (Å²) in [6.07, 6.45) is 8.22. The number of β-amino-alcohol motifs (C(OH)–C–C–N with tert-alkyl or cyclic N) is 1. The Morgan fingerprint density at radius 2 is 2.02 bits per heavy atom. The van der Waals surface area contributed by atoms with Crippen molar-refractivity contribution in [2.75, 3.05) is 30.3 Å². The highest BCUT2D eigenvalue weighted by Gasteiger charge is 2.23. The molecule has 10 heteroatoms. The summed E-state index contributed by atoms with van der Waals surface area (Å²) in [7, 11) is 0. The molecule has 5 aromatic rings. The summed E-state index contributed by atoms with van der Waals surface area (Å²) in [5.74, 6) is 1.59. The van der Waals surface area contributed by atoms with Gasteiger partial charge in [-0.25, -0.2) is 0 Å². The van der Waals surface area contributed by atoms with Crippen LogP contribution >= 0.6 is 0 Å². The third kappa shape index (κ3) is 6.22. The molecule has 1 aliphatic heterocycles. The number of fused-ring (bicyclic) bond motifs is 2. The van der Waals surface area contributed by atoms with E-state index in [0.717, 1.165) is 51.9 Å². The average Bonchev–Trinajstić information content (AvgIpc) is 3.64. The number of piperidine rings is 1. The number of para-hydroxylation sites is 1. The summed E-state index contributed by atoms with van der Waals surface area (Å²) >= 11 is 0. The summed E-state index contributed by atoms with van der Waals surface area (Å²) in [5.41, 5.74) is 6.03. The van der Waals surface area contributed by atoms with Gasteiger partial charge in [0.25, 0.3) is 0 Å². The van der Waals surface area contributed by atoms with Gasteiger partial charge in [0.2, 0.25) is 11.9 Å². The van der Waals surface area contributed by atoms with E-state index in [0.29, 0.717) is 38.0 Å². The minimum absolute atomic E-state index is 0.0986. The van der Waals surface area contributed by atoms with E-state index < -0.39 is 6.10 Å². The van der Waals surface area contributed by atoms with E-state index in [-0.39, 0.29) is 17.6 Å². The summed E-state index contributed by atoms with van der Waals surface area (Å²) < 4.78 is 3.95. The van der Waals surface area contributed by atoms with Gasteiger partial charge in [-0.05, 0) is 67.3 Å². The number of ketones is 1. The third-order valence-corrected chi connectivity index (χ3v) is 8.30. The van der Waals surface area contributed by atoms with Crippen molar-refractivity contribution >= 4 is 34.2 Å². The number of hydrogen-bond acceptors (Lipinski definition) is 8. The van der Waals surface area contributed by atoms with Crippen LogP contribution in [-0.2, 0) is 17.8 Å². The Kier molecular flexibility index (Phi) is 8.72. The first-order valence-corrected chi connectivity index (χ1v) is 15.4. The van der Waals surface area contributed by atoms with Crippen LogP contribution in [0.25, 0.3) is 22.2 Å². The SMILES string of the molecule is C/C=C/C(=O)Cc1ccc2c(ccn2-c2ccccc2CNc2nc(NC[C@H]3CCNC[C@@H]3O)nc3c(C(C)C)cnn23)c1. The van der Waals surface area contributed by atoms with Gasteiger partial charge in [0.15, 0.2) is 11.4 Å². The summed E-state index contributed by atoms with van der Waals surface area (Å²) in [6, 6.07) is 16.6. The zero-order valence-electron chi connectivity index (χ0n) is 25.5. The van der Waals surface area contributed by atoms with Crippen molar-refractivity contribution in [2.45, 2.75) is 52.2 Å². The molecule has 1 saturated heterocycles. The molecule has 4 N–H and O–H groups in total. The Morgan fingerprint density at radius 1 is 1.16 bits per heavy atom. The van der Waals surface area contributed by atoms with Crippen LogP contribution in [0.5, 0.6) is 0 Å². The molecule has 0 unspecified atom stereocenters. The Bertz CT molecular complexity index is 1800. The van der Waals surface area contributed by atoms with Crippen LogP contribution in [0.15, 0.2) is 73.1 Å². The van der Waals surface area contributed by atoms with E-state index in [1.165, 1.54) is 0 Å². The first kappa shape index (κ1) is 29.5. The number of aliphatic hydroxyl groups excluding tert-OH is 1. The maximum Gasteiger partial charge on any atom is 0.229 e. The van der Waals surface area contributed by atoms with Gasteiger partial charge < -0.3 is 25.6 Å². The molecule has 2 aromatic carbocycles. The second kappa shape index (κ2) is 13.0. The number of anilines is 2. The van der Waals surface area contributed by atoms with Crippen LogP contribution < -0.4 is 16.0 Å². The normalized spacial score (nSPS) is 17.2. The van der Waals surface area contributed by atoms with Crippen LogP contribution in [0, 0.1) is 5.92 Å². The van der Waals surface area contributed by atoms with E-state index in [2.05, 4.69) is 76.0 Å². The number of nitrogens with zero attached hydrogens (tertiary/aromatic N) is 5. The number of carbonyl (C=O) groups is 1. The Morgan fingerprint density at radius 3 is 2.84 bits per heavy atom. The largest absolute Gasteiger partial charge is 0.391 e. The first-order valence-electron chi connectivity index (χ1n) is 15.4. The van der Waals surface area contributed by atoms with Gasteiger partial charge in [-0.3, -0.25) is 4.79 Å². The molecule has 0 aliphatic carbocycles. The minimum atomic E-state index is -0.396. The topological polar surface area (TPSA) is 121 Å². The lowest BCUT2D eigenvalue weighted by atomic mass is 9.95. The fourth-order valence-corrected chi connectivity index (χ4v) is 5.88. The van der Waals surface area contributed by atoms with Crippen LogP contribution in [0.4, 0.5) is 11.9 Å². The van der Waals surface area contributed by atoms with Gasteiger partial charge in [-0.1, -0.05) is 44.2 Å². The molecule has 44 heavy (non-hydrogen) atoms. The molecule has 0 amide bonds. The van der Waals surface area contributed by atoms with Gasteiger partial charge in [-0.2, -0.15) is 19.6 Å². The predicted molar refractivity (Wildman–Crippen MR) is 174 cm³/mol. The van der Waals surface area contributed by atoms with Crippen molar-refractivity contribution in [2.24, 2.45) is 5.92 Å². The number of rotatable bonds is 11. The van der Waals surface area contributed by atoms with E-state index in [1.807, 2.05) is 31.3 Å². The number of aromatic nitrogens is 5. The Balaban J connectivity index is 1.27. The lowest BCUT2D eigenvalue weighted by Gasteiger charge is -2.28. The molecule has 6 rings (SSSR count). The van der Waals surface area contributed by atoms with Crippen molar-refractivity contribution < 1.29 is 9.90 Å². The first-order chi connectivity index (χ1) is 21.4. The zero-order chi connectivity index (χ0) is 30.6. The molecule has 0 saturated carbocycles. The van der Waals surface area contributed by atoms with Crippen molar-refractivity contribution in [1.29, 1.82) is 0 Å². The number of hydrogen-bond donors (Lipinski definition) is 4. The molecule has 0 radical (unpaired) electrons. The predicted octanol–water partition coefficient (Wildman–Crippen LogP) is 4.87. The molecular weight excluding hydrogens is 552 g/mol. The standard InChI is InChI=1S/C34H40N8O2/c1-4-7-27(43)17-23-10-11-30-24(16-23)13-15-41(30)29-9-6-5-8-25(29)18-37-34-40-33(36-19-26-12-14-35-21-31(26)44)39-32-28(22(2)3)20-38-42(32)34/h4-11,13,15-16,20,22,26,31,35,44H,12,14,17-19,21H2,1-3H3,(H2,36,37,39,40)/b7-4+/t26-,31+/m1/s1. The molecule has 0 spiro atoms. The second-order valence-electron chi connectivity index (χ2n) is 11.8. The summed E-state index contributed by atoms with van der Waals surface area (Å²) in [5, 5.41) is 26.3. The molecule has 10 nitrogen and oxygen atoms in total. The Hall–Kier alpha value is -4.54. The van der Waals surface area contributed by atoms with E-state index >= 15 is 0 Å². The van der Waals surface area contributed by atoms with Crippen LogP contribution in [0.3, 0.4) is 0 Å². The number of benzene rings is 2. The molecule has 1 fully saturated rings. The van der Waals surface area contributed by atoms with E-state index in [9.17, 15) is 9.90 Å². The van der Waals surface area contributed by atoms with Gasteiger partial charge in [-0.15, -0.1) is 0 Å². The fourth-order valence-electron chi connectivity index (χ4n) is 5.88. The molecule has 4 heterocycles. The second-order valence-corrected chi connectivity index (χ2v) is 11.8. The highest BCUT2D eigenvalue weighted by Crippen LogP contribution is 2.26. The minimum Gasteiger partial charge on any atom is -0.391 e. The van der Waals surface area contributed by atoms with Crippen molar-refractivity contribution in [3.05, 3.63) is 89.8 Å². The van der Waals surface area contributed by atoms with Crippen molar-refractivity contribution in [3.8, 4) is 5.69 Å². The third-order valence-electron chi connectivity index (χ3n) is 8.30. The van der Waals surface area contributed by atoms with Gasteiger partial charge in [0.05, 0.1) is 23.5 Å². The van der Waals surface area contributed by atoms with Gasteiger partial charge in [0, 0.05) is 49.1 Å². The average molecular weight is 593 g/mol. The molecule has 228 valence electrons. The smallest absolute Gasteiger partial charge is 0.229 e. The van der Waals surface area contributed by atoms with E-state index in [4.69, 9.17) is 9.97 Å². The van der Waals surface area contributed by atoms with Gasteiger partial charge in [0.1, 0.15) is 0 Å². The van der Waals surface area contributed by atoms with Gasteiger partial charge >= 0.3 is 0 Å². The van der Waals surface area contributed by atoms with Crippen molar-refractivity contribution in [3.63, 3.8) is 0 Å². The van der Waals surface area contributed by atoms with Crippen LogP contribution in [0.2, 0.25) is 0 Å². The Labute approximate surface area is 257 Å². The maximum atomic E-state index is 12.1. The monoisotopic (exact) mass is 592 g/mol. The maximum absolute atomic E-state index is 12.1. The lowest BCUT2D eigenvalue weighted by Crippen LogP contribution is -2.43. The quantitative estimate of drug-likeness (QED) is 0.160. The fraction of sp³-hybridized carbons (Fsp3) is 0.353. The summed E-state index contributed by atoms with van der Waals surface area (Å²) in [4.78, 5) is 21.8. The molecule has 0 bridgehead atoms. The molecule has 2 atom stereocenters. The highest BCUT2D eigenvalue weighted by atomic mass is 16.3. The molecule has 1 aliphatic rings. The molecule has 3 aromatic heterocycles. The van der Waals surface area contributed by atoms with E-state index in [1.54, 1.807) is 16.7 Å². The van der Waals surface area contributed by atoms with Crippen LogP contribution in [0.1, 0.15) is 49.8 Å². The highest BCUT2D eigenvalue weighted by molar-refractivity contribution is 5.92. The zero-order valence-corrected chi connectivity index (χ0v) is 25.5. The number of nitrogens with one attached hydrogen (secondary N) is 3. The lowest BCUT2D eigenvalue weighted by molar-refractivity contribution is -0.114. The van der Waals surface area contributed by atoms with Crippen molar-refractivity contribution in [1.82, 2.24) is 29.5 Å². The summed E-state index contributed by atoms with van der Waals surface area (Å²) in [6.45, 7) is 8.73. The number of allylic oxidation sites excluding steroid dienone is 2. The number of carbonyl (C=O) groups excluding carboxylic acids is 1. The van der Waals surface area contributed by atoms with Crippen LogP contribution in [-0.4, -0.2) is 60.8 Å². The number of aliphatic hydroxyl groups is 1.